The molecule has 0 unspecified atom stereocenters. The van der Waals surface area contributed by atoms with Crippen molar-refractivity contribution in [1.29, 1.82) is 0 Å². The van der Waals surface area contributed by atoms with Gasteiger partial charge < -0.3 is 9.47 Å². The molecule has 2 aromatic rings. The van der Waals surface area contributed by atoms with E-state index in [0.29, 0.717) is 12.2 Å². The molecular formula is C17H16N4O5. The predicted molar refractivity (Wildman–Crippen MR) is 88.6 cm³/mol. The summed E-state index contributed by atoms with van der Waals surface area (Å²) < 4.78 is 11.1. The number of carbonyl (C=O) groups excluding carboxylic acids is 3. The molecule has 1 aliphatic heterocycles. The van der Waals surface area contributed by atoms with Crippen LogP contribution >= 0.6 is 0 Å². The summed E-state index contributed by atoms with van der Waals surface area (Å²) in [4.78, 5) is 35.5. The summed E-state index contributed by atoms with van der Waals surface area (Å²) in [6.07, 6.45) is 3.54. The van der Waals surface area contributed by atoms with Crippen LogP contribution in [-0.2, 0) is 25.6 Å². The standard InChI is InChI=1S/C17H16N4O5/c22-15(21-8-9-25-17(21)24)12-26-16(23)7-6-14-11-20(19-18-14)10-13-4-2-1-3-5-13/h1-7,11H,8-10,12H2/b7-6+. The first-order valence-corrected chi connectivity index (χ1v) is 7.88. The maximum Gasteiger partial charge on any atom is 0.416 e. The molecule has 26 heavy (non-hydrogen) atoms. The Morgan fingerprint density at radius 1 is 1.27 bits per heavy atom. The molecule has 9 heteroatoms. The second-order valence-electron chi connectivity index (χ2n) is 5.43. The van der Waals surface area contributed by atoms with Crippen molar-refractivity contribution >= 4 is 24.0 Å². The van der Waals surface area contributed by atoms with Gasteiger partial charge in [-0.2, -0.15) is 0 Å². The summed E-state index contributed by atoms with van der Waals surface area (Å²) in [5.41, 5.74) is 1.55. The minimum Gasteiger partial charge on any atom is -0.452 e. The lowest BCUT2D eigenvalue weighted by Gasteiger charge is -2.09. The molecule has 0 spiro atoms. The van der Waals surface area contributed by atoms with E-state index >= 15 is 0 Å². The van der Waals surface area contributed by atoms with E-state index in [4.69, 9.17) is 4.74 Å². The predicted octanol–water partition coefficient (Wildman–Crippen LogP) is 0.862. The maximum absolute atomic E-state index is 11.7. The van der Waals surface area contributed by atoms with Crippen LogP contribution in [0.1, 0.15) is 11.3 Å². The molecule has 0 radical (unpaired) electrons. The minimum absolute atomic E-state index is 0.150. The first kappa shape index (κ1) is 17.3. The van der Waals surface area contributed by atoms with Gasteiger partial charge in [0.25, 0.3) is 5.91 Å². The quantitative estimate of drug-likeness (QED) is 0.558. The van der Waals surface area contributed by atoms with E-state index in [2.05, 4.69) is 15.0 Å². The number of imide groups is 1. The van der Waals surface area contributed by atoms with E-state index in [1.165, 1.54) is 6.08 Å². The lowest BCUT2D eigenvalue weighted by molar-refractivity contribution is -0.146. The maximum atomic E-state index is 11.7. The molecule has 0 saturated carbocycles. The Morgan fingerprint density at radius 3 is 2.81 bits per heavy atom. The number of benzene rings is 1. The van der Waals surface area contributed by atoms with Gasteiger partial charge in [-0.1, -0.05) is 35.5 Å². The first-order valence-electron chi connectivity index (χ1n) is 7.88. The number of rotatable bonds is 6. The molecule has 1 aromatic carbocycles. The van der Waals surface area contributed by atoms with E-state index in [1.807, 2.05) is 30.3 Å². The molecule has 1 saturated heterocycles. The lowest BCUT2D eigenvalue weighted by Crippen LogP contribution is -2.35. The number of aromatic nitrogens is 3. The number of cyclic esters (lactones) is 1. The van der Waals surface area contributed by atoms with Gasteiger partial charge in [-0.3, -0.25) is 4.79 Å². The Kier molecular flexibility index (Phi) is 5.37. The fraction of sp³-hybridized carbons (Fsp3) is 0.235. The number of hydrogen-bond acceptors (Lipinski definition) is 7. The highest BCUT2D eigenvalue weighted by Gasteiger charge is 2.28. The van der Waals surface area contributed by atoms with Gasteiger partial charge in [-0.15, -0.1) is 5.10 Å². The zero-order valence-electron chi connectivity index (χ0n) is 13.8. The Hall–Kier alpha value is -3.49. The SMILES string of the molecule is O=C(/C=C/c1cn(Cc2ccccc2)nn1)OCC(=O)N1CCOC1=O. The zero-order chi connectivity index (χ0) is 18.4. The highest BCUT2D eigenvalue weighted by molar-refractivity contribution is 5.95. The highest BCUT2D eigenvalue weighted by atomic mass is 16.6. The Bertz CT molecular complexity index is 831. The van der Waals surface area contributed by atoms with Crippen LogP contribution in [0.2, 0.25) is 0 Å². The molecule has 0 bridgehead atoms. The average molecular weight is 356 g/mol. The van der Waals surface area contributed by atoms with Crippen molar-refractivity contribution in [2.24, 2.45) is 0 Å². The third-order valence-corrected chi connectivity index (χ3v) is 3.53. The Labute approximate surface area is 148 Å². The van der Waals surface area contributed by atoms with E-state index < -0.39 is 24.6 Å². The summed E-state index contributed by atoms with van der Waals surface area (Å²) in [7, 11) is 0. The van der Waals surface area contributed by atoms with Crippen LogP contribution in [0, 0.1) is 0 Å². The van der Waals surface area contributed by atoms with Crippen molar-refractivity contribution in [3.63, 3.8) is 0 Å². The van der Waals surface area contributed by atoms with Crippen molar-refractivity contribution in [3.05, 3.63) is 53.9 Å². The summed E-state index contributed by atoms with van der Waals surface area (Å²) in [5, 5.41) is 7.91. The van der Waals surface area contributed by atoms with Gasteiger partial charge in [0.1, 0.15) is 12.3 Å². The van der Waals surface area contributed by atoms with Crippen LogP contribution in [0.3, 0.4) is 0 Å². The van der Waals surface area contributed by atoms with Crippen LogP contribution < -0.4 is 0 Å². The number of carbonyl (C=O) groups is 3. The van der Waals surface area contributed by atoms with Crippen molar-refractivity contribution in [2.75, 3.05) is 19.8 Å². The molecular weight excluding hydrogens is 340 g/mol. The third kappa shape index (κ3) is 4.53. The van der Waals surface area contributed by atoms with Gasteiger partial charge in [0.05, 0.1) is 19.3 Å². The molecule has 2 amide bonds. The van der Waals surface area contributed by atoms with Crippen LogP contribution in [-0.4, -0.2) is 57.6 Å². The van der Waals surface area contributed by atoms with E-state index in [9.17, 15) is 14.4 Å². The van der Waals surface area contributed by atoms with Crippen LogP contribution in [0.25, 0.3) is 6.08 Å². The second-order valence-corrected chi connectivity index (χ2v) is 5.43. The number of ether oxygens (including phenoxy) is 2. The van der Waals surface area contributed by atoms with Gasteiger partial charge >= 0.3 is 12.1 Å². The molecule has 134 valence electrons. The van der Waals surface area contributed by atoms with E-state index in [1.54, 1.807) is 10.9 Å². The van der Waals surface area contributed by atoms with Crippen LogP contribution in [0.4, 0.5) is 4.79 Å². The molecule has 1 fully saturated rings. The smallest absolute Gasteiger partial charge is 0.416 e. The summed E-state index contributed by atoms with van der Waals surface area (Å²) in [6, 6.07) is 9.75. The van der Waals surface area contributed by atoms with Crippen molar-refractivity contribution in [2.45, 2.75) is 6.54 Å². The van der Waals surface area contributed by atoms with Gasteiger partial charge in [-0.25, -0.2) is 19.2 Å². The topological polar surface area (TPSA) is 104 Å². The number of esters is 1. The van der Waals surface area contributed by atoms with Crippen molar-refractivity contribution in [1.82, 2.24) is 19.9 Å². The number of hydrogen-bond donors (Lipinski definition) is 0. The lowest BCUT2D eigenvalue weighted by atomic mass is 10.2. The number of nitrogens with zero attached hydrogens (tertiary/aromatic N) is 4. The molecule has 0 atom stereocenters. The fourth-order valence-electron chi connectivity index (χ4n) is 2.27. The van der Waals surface area contributed by atoms with Crippen molar-refractivity contribution in [3.8, 4) is 0 Å². The molecule has 2 heterocycles. The molecule has 0 aliphatic carbocycles. The van der Waals surface area contributed by atoms with Gasteiger partial charge in [0.15, 0.2) is 6.61 Å². The van der Waals surface area contributed by atoms with Crippen LogP contribution in [0.15, 0.2) is 42.6 Å². The monoisotopic (exact) mass is 356 g/mol. The van der Waals surface area contributed by atoms with Gasteiger partial charge in [-0.05, 0) is 11.6 Å². The largest absolute Gasteiger partial charge is 0.452 e. The number of amides is 2. The second kappa shape index (κ2) is 8.06. The van der Waals surface area contributed by atoms with Gasteiger partial charge in [0, 0.05) is 6.08 Å². The third-order valence-electron chi connectivity index (χ3n) is 3.53. The zero-order valence-corrected chi connectivity index (χ0v) is 13.8. The molecule has 3 rings (SSSR count). The molecule has 1 aliphatic rings. The van der Waals surface area contributed by atoms with E-state index in [0.717, 1.165) is 16.5 Å². The average Bonchev–Trinajstić information content (AvgIpc) is 3.27. The van der Waals surface area contributed by atoms with Gasteiger partial charge in [0.2, 0.25) is 0 Å². The normalized spacial score (nSPS) is 13.8. The highest BCUT2D eigenvalue weighted by Crippen LogP contribution is 2.05. The summed E-state index contributed by atoms with van der Waals surface area (Å²) >= 11 is 0. The first-order chi connectivity index (χ1) is 12.6. The summed E-state index contributed by atoms with van der Waals surface area (Å²) in [6.45, 7) is 0.345. The molecule has 1 aromatic heterocycles. The summed E-state index contributed by atoms with van der Waals surface area (Å²) in [5.74, 6) is -1.34. The fourth-order valence-corrected chi connectivity index (χ4v) is 2.27. The van der Waals surface area contributed by atoms with Crippen molar-refractivity contribution < 1.29 is 23.9 Å². The van der Waals surface area contributed by atoms with Crippen LogP contribution in [0.5, 0.6) is 0 Å². The van der Waals surface area contributed by atoms with E-state index in [-0.39, 0.29) is 13.2 Å². The Morgan fingerprint density at radius 2 is 2.08 bits per heavy atom. The minimum atomic E-state index is -0.725. The Balaban J connectivity index is 1.47. The molecule has 0 N–H and O–H groups in total. The molecule has 9 nitrogen and oxygen atoms in total.